The molecule has 9 heteroatoms. The average Bonchev–Trinajstić information content (AvgIpc) is 2.64. The van der Waals surface area contributed by atoms with Crippen LogP contribution < -0.4 is 0 Å². The average molecular weight is 415 g/mol. The van der Waals surface area contributed by atoms with E-state index in [4.69, 9.17) is 23.2 Å². The fraction of sp³-hybridized carbons (Fsp3) is 0.235. The standard InChI is InChI=1S/C17H16Cl2N2O4S/c18-14-6-5-12(11-15(14)19)26(24,25)21-9-7-20(8-10-21)17(23)13-3-1-2-4-16(13)22/h1-6,11,22H,7-10H2. The summed E-state index contributed by atoms with van der Waals surface area (Å²) in [4.78, 5) is 14.1. The molecule has 1 aliphatic heterocycles. The van der Waals surface area contributed by atoms with Gasteiger partial charge < -0.3 is 10.0 Å². The lowest BCUT2D eigenvalue weighted by atomic mass is 10.1. The summed E-state index contributed by atoms with van der Waals surface area (Å²) in [7, 11) is -3.72. The van der Waals surface area contributed by atoms with Gasteiger partial charge in [0.25, 0.3) is 5.91 Å². The van der Waals surface area contributed by atoms with Crippen molar-refractivity contribution in [2.45, 2.75) is 4.90 Å². The normalized spacial score (nSPS) is 15.8. The Bertz CT molecular complexity index is 942. The summed E-state index contributed by atoms with van der Waals surface area (Å²) < 4.78 is 26.8. The highest BCUT2D eigenvalue weighted by Gasteiger charge is 2.31. The molecule has 6 nitrogen and oxygen atoms in total. The highest BCUT2D eigenvalue weighted by atomic mass is 35.5. The Balaban J connectivity index is 1.72. The second-order valence-electron chi connectivity index (χ2n) is 5.79. The summed E-state index contributed by atoms with van der Waals surface area (Å²) >= 11 is 11.8. The van der Waals surface area contributed by atoms with Crippen molar-refractivity contribution in [1.29, 1.82) is 0 Å². The zero-order valence-electron chi connectivity index (χ0n) is 13.6. The van der Waals surface area contributed by atoms with Gasteiger partial charge in [0, 0.05) is 26.2 Å². The van der Waals surface area contributed by atoms with Gasteiger partial charge in [-0.1, -0.05) is 35.3 Å². The van der Waals surface area contributed by atoms with Crippen LogP contribution in [0.3, 0.4) is 0 Å². The van der Waals surface area contributed by atoms with Crippen LogP contribution in [0.4, 0.5) is 0 Å². The number of carbonyl (C=O) groups is 1. The second-order valence-corrected chi connectivity index (χ2v) is 8.54. The first-order valence-corrected chi connectivity index (χ1v) is 10.0. The third-order valence-corrected chi connectivity index (χ3v) is 6.82. The molecule has 0 radical (unpaired) electrons. The maximum atomic E-state index is 12.7. The molecule has 2 aromatic carbocycles. The topological polar surface area (TPSA) is 77.9 Å². The lowest BCUT2D eigenvalue weighted by Gasteiger charge is -2.34. The molecule has 0 unspecified atom stereocenters. The maximum absolute atomic E-state index is 12.7. The number of hydrogen-bond donors (Lipinski definition) is 1. The minimum atomic E-state index is -3.72. The van der Waals surface area contributed by atoms with Gasteiger partial charge in [0.15, 0.2) is 0 Å². The Morgan fingerprint density at radius 2 is 1.62 bits per heavy atom. The summed E-state index contributed by atoms with van der Waals surface area (Å²) in [5, 5.41) is 10.3. The highest BCUT2D eigenvalue weighted by molar-refractivity contribution is 7.89. The third-order valence-electron chi connectivity index (χ3n) is 4.19. The molecule has 1 amide bonds. The lowest BCUT2D eigenvalue weighted by Crippen LogP contribution is -2.50. The van der Waals surface area contributed by atoms with Gasteiger partial charge in [0.05, 0.1) is 20.5 Å². The Morgan fingerprint density at radius 1 is 0.962 bits per heavy atom. The molecule has 26 heavy (non-hydrogen) atoms. The molecule has 0 aliphatic carbocycles. The molecule has 1 saturated heterocycles. The van der Waals surface area contributed by atoms with E-state index in [9.17, 15) is 18.3 Å². The Labute approximate surface area is 161 Å². The van der Waals surface area contributed by atoms with Crippen molar-refractivity contribution in [3.05, 3.63) is 58.1 Å². The molecule has 0 bridgehead atoms. The number of sulfonamides is 1. The van der Waals surface area contributed by atoms with Gasteiger partial charge >= 0.3 is 0 Å². The number of benzene rings is 2. The van der Waals surface area contributed by atoms with Crippen molar-refractivity contribution < 1.29 is 18.3 Å². The van der Waals surface area contributed by atoms with Crippen LogP contribution in [0, 0.1) is 0 Å². The molecule has 1 aliphatic rings. The smallest absolute Gasteiger partial charge is 0.257 e. The van der Waals surface area contributed by atoms with Crippen LogP contribution in [0.15, 0.2) is 47.4 Å². The number of aromatic hydroxyl groups is 1. The van der Waals surface area contributed by atoms with Crippen molar-refractivity contribution in [3.63, 3.8) is 0 Å². The molecule has 0 spiro atoms. The number of amides is 1. The maximum Gasteiger partial charge on any atom is 0.257 e. The number of rotatable bonds is 3. The van der Waals surface area contributed by atoms with Gasteiger partial charge in [0.1, 0.15) is 5.75 Å². The van der Waals surface area contributed by atoms with E-state index in [2.05, 4.69) is 0 Å². The summed E-state index contributed by atoms with van der Waals surface area (Å²) in [5.74, 6) is -0.418. The van der Waals surface area contributed by atoms with E-state index in [1.54, 1.807) is 12.1 Å². The van der Waals surface area contributed by atoms with Crippen molar-refractivity contribution in [1.82, 2.24) is 9.21 Å². The number of para-hydroxylation sites is 1. The summed E-state index contributed by atoms with van der Waals surface area (Å²) in [6.07, 6.45) is 0. The summed E-state index contributed by atoms with van der Waals surface area (Å²) in [5.41, 5.74) is 0.202. The van der Waals surface area contributed by atoms with Gasteiger partial charge in [-0.2, -0.15) is 4.31 Å². The van der Waals surface area contributed by atoms with Crippen LogP contribution >= 0.6 is 23.2 Å². The van der Waals surface area contributed by atoms with Crippen LogP contribution in [-0.2, 0) is 10.0 Å². The van der Waals surface area contributed by atoms with E-state index in [-0.39, 0.29) is 58.3 Å². The molecule has 1 fully saturated rings. The van der Waals surface area contributed by atoms with Crippen molar-refractivity contribution in [2.75, 3.05) is 26.2 Å². The van der Waals surface area contributed by atoms with Gasteiger partial charge in [-0.3, -0.25) is 4.79 Å². The molecule has 0 aromatic heterocycles. The van der Waals surface area contributed by atoms with Crippen LogP contribution in [0.2, 0.25) is 10.0 Å². The number of phenolic OH excluding ortho intramolecular Hbond substituents is 1. The predicted octanol–water partition coefficient (Wildman–Crippen LogP) is 2.85. The van der Waals surface area contributed by atoms with E-state index >= 15 is 0 Å². The minimum Gasteiger partial charge on any atom is -0.507 e. The number of hydrogen-bond acceptors (Lipinski definition) is 4. The van der Waals surface area contributed by atoms with Gasteiger partial charge in [-0.15, -0.1) is 0 Å². The molecule has 1 heterocycles. The zero-order chi connectivity index (χ0) is 18.9. The zero-order valence-corrected chi connectivity index (χ0v) is 15.9. The number of phenols is 1. The molecular weight excluding hydrogens is 399 g/mol. The lowest BCUT2D eigenvalue weighted by molar-refractivity contribution is 0.0695. The number of halogens is 2. The van der Waals surface area contributed by atoms with Crippen LogP contribution in [0.1, 0.15) is 10.4 Å². The van der Waals surface area contributed by atoms with Gasteiger partial charge in [-0.25, -0.2) is 8.42 Å². The molecule has 0 saturated carbocycles. The largest absolute Gasteiger partial charge is 0.507 e. The van der Waals surface area contributed by atoms with Crippen molar-refractivity contribution >= 4 is 39.1 Å². The Hall–Kier alpha value is -1.80. The highest BCUT2D eigenvalue weighted by Crippen LogP contribution is 2.27. The second kappa shape index (κ2) is 7.44. The molecule has 2 aromatic rings. The first-order valence-electron chi connectivity index (χ1n) is 7.83. The molecule has 3 rings (SSSR count). The first kappa shape index (κ1) is 19.0. The van der Waals surface area contributed by atoms with E-state index in [1.165, 1.54) is 39.5 Å². The van der Waals surface area contributed by atoms with Gasteiger partial charge in [-0.05, 0) is 30.3 Å². The van der Waals surface area contributed by atoms with Gasteiger partial charge in [0.2, 0.25) is 10.0 Å². The van der Waals surface area contributed by atoms with E-state index in [1.807, 2.05) is 0 Å². The summed E-state index contributed by atoms with van der Waals surface area (Å²) in [6, 6.07) is 10.4. The molecule has 1 N–H and O–H groups in total. The minimum absolute atomic E-state index is 0.0624. The van der Waals surface area contributed by atoms with E-state index in [0.29, 0.717) is 0 Å². The number of piperazine rings is 1. The quantitative estimate of drug-likeness (QED) is 0.837. The Kier molecular flexibility index (Phi) is 5.43. The van der Waals surface area contributed by atoms with Crippen molar-refractivity contribution in [2.24, 2.45) is 0 Å². The van der Waals surface area contributed by atoms with E-state index < -0.39 is 10.0 Å². The Morgan fingerprint density at radius 3 is 2.23 bits per heavy atom. The SMILES string of the molecule is O=C(c1ccccc1O)N1CCN(S(=O)(=O)c2ccc(Cl)c(Cl)c2)CC1. The fourth-order valence-electron chi connectivity index (χ4n) is 2.74. The molecule has 138 valence electrons. The van der Waals surface area contributed by atoms with Crippen LogP contribution in [0.5, 0.6) is 5.75 Å². The van der Waals surface area contributed by atoms with Crippen LogP contribution in [0.25, 0.3) is 0 Å². The summed E-state index contributed by atoms with van der Waals surface area (Å²) in [6.45, 7) is 0.769. The van der Waals surface area contributed by atoms with Crippen LogP contribution in [-0.4, -0.2) is 54.8 Å². The monoisotopic (exact) mass is 414 g/mol. The van der Waals surface area contributed by atoms with E-state index in [0.717, 1.165) is 0 Å². The molecule has 0 atom stereocenters. The van der Waals surface area contributed by atoms with Crippen molar-refractivity contribution in [3.8, 4) is 5.75 Å². The predicted molar refractivity (Wildman–Crippen MR) is 99.2 cm³/mol. The number of nitrogens with zero attached hydrogens (tertiary/aromatic N) is 2. The molecular formula is C17H16Cl2N2O4S. The number of carbonyl (C=O) groups excluding carboxylic acids is 1. The fourth-order valence-corrected chi connectivity index (χ4v) is 4.55. The third kappa shape index (κ3) is 3.66. The first-order chi connectivity index (χ1) is 12.3.